The van der Waals surface area contributed by atoms with E-state index in [1.807, 2.05) is 18.2 Å². The Bertz CT molecular complexity index is 586. The third-order valence-corrected chi connectivity index (χ3v) is 4.61. The molecule has 1 unspecified atom stereocenters. The summed E-state index contributed by atoms with van der Waals surface area (Å²) in [5, 5.41) is 2.86. The average Bonchev–Trinajstić information content (AvgIpc) is 3.30. The summed E-state index contributed by atoms with van der Waals surface area (Å²) in [6, 6.07) is 5.16. The number of rotatable bonds is 3. The van der Waals surface area contributed by atoms with E-state index in [0.717, 1.165) is 23.0 Å². The van der Waals surface area contributed by atoms with E-state index in [4.69, 9.17) is 4.74 Å². The fraction of sp³-hybridized carbons (Fsp3) is 0.467. The molecular weight excluding hydrogens is 336 g/mol. The second-order valence-electron chi connectivity index (χ2n) is 5.44. The van der Waals surface area contributed by atoms with Gasteiger partial charge in [0.1, 0.15) is 11.8 Å². The van der Waals surface area contributed by atoms with Crippen LogP contribution in [0.15, 0.2) is 22.7 Å². The molecule has 0 radical (unpaired) electrons. The third-order valence-electron chi connectivity index (χ3n) is 3.95. The first-order chi connectivity index (χ1) is 10.1. The molecular formula is C15H17BrN2O3. The van der Waals surface area contributed by atoms with Crippen LogP contribution >= 0.6 is 15.9 Å². The quantitative estimate of drug-likeness (QED) is 0.905. The first-order valence-electron chi connectivity index (χ1n) is 7.04. The molecule has 2 aliphatic rings. The van der Waals surface area contributed by atoms with Gasteiger partial charge in [0, 0.05) is 24.7 Å². The predicted molar refractivity (Wildman–Crippen MR) is 82.3 cm³/mol. The predicted octanol–water partition coefficient (Wildman–Crippen LogP) is 2.09. The monoisotopic (exact) mass is 352 g/mol. The van der Waals surface area contributed by atoms with Crippen LogP contribution in [-0.4, -0.2) is 31.5 Å². The minimum Gasteiger partial charge on any atom is -0.495 e. The Hall–Kier alpha value is -1.56. The highest BCUT2D eigenvalue weighted by atomic mass is 79.9. The molecule has 5 nitrogen and oxygen atoms in total. The van der Waals surface area contributed by atoms with Crippen molar-refractivity contribution in [3.05, 3.63) is 22.7 Å². The normalized spacial score (nSPS) is 22.8. The Kier molecular flexibility index (Phi) is 3.89. The van der Waals surface area contributed by atoms with Gasteiger partial charge < -0.3 is 15.0 Å². The van der Waals surface area contributed by atoms with Crippen LogP contribution in [0.25, 0.3) is 0 Å². The summed E-state index contributed by atoms with van der Waals surface area (Å²) >= 11 is 3.40. The van der Waals surface area contributed by atoms with Gasteiger partial charge in [-0.15, -0.1) is 0 Å². The number of benzene rings is 1. The first kappa shape index (κ1) is 14.4. The SMILES string of the molecule is COc1cc(N2CCC(=O)NC(C3CC3)C2=O)ccc1Br. The highest BCUT2D eigenvalue weighted by Gasteiger charge is 2.41. The molecule has 2 fully saturated rings. The molecule has 1 aliphatic heterocycles. The maximum absolute atomic E-state index is 12.7. The molecule has 1 aromatic carbocycles. The molecule has 1 N–H and O–H groups in total. The molecule has 0 aromatic heterocycles. The Morgan fingerprint density at radius 2 is 2.10 bits per heavy atom. The molecule has 1 aromatic rings. The second kappa shape index (κ2) is 5.67. The molecule has 3 rings (SSSR count). The first-order valence-corrected chi connectivity index (χ1v) is 7.83. The van der Waals surface area contributed by atoms with Gasteiger partial charge >= 0.3 is 0 Å². The lowest BCUT2D eigenvalue weighted by Gasteiger charge is -2.24. The third kappa shape index (κ3) is 2.90. The Labute approximate surface area is 131 Å². The van der Waals surface area contributed by atoms with Crippen molar-refractivity contribution in [2.24, 2.45) is 5.92 Å². The van der Waals surface area contributed by atoms with Gasteiger partial charge in [-0.1, -0.05) is 0 Å². The van der Waals surface area contributed by atoms with Gasteiger partial charge in [0.05, 0.1) is 11.6 Å². The van der Waals surface area contributed by atoms with E-state index < -0.39 is 0 Å². The van der Waals surface area contributed by atoms with Crippen molar-refractivity contribution < 1.29 is 14.3 Å². The largest absolute Gasteiger partial charge is 0.495 e. The summed E-state index contributed by atoms with van der Waals surface area (Å²) in [4.78, 5) is 26.2. The molecule has 1 aliphatic carbocycles. The van der Waals surface area contributed by atoms with E-state index in [9.17, 15) is 9.59 Å². The van der Waals surface area contributed by atoms with Crippen molar-refractivity contribution in [1.29, 1.82) is 0 Å². The van der Waals surface area contributed by atoms with E-state index in [0.29, 0.717) is 24.6 Å². The van der Waals surface area contributed by atoms with Gasteiger partial charge in [0.25, 0.3) is 0 Å². The Balaban J connectivity index is 1.91. The van der Waals surface area contributed by atoms with Crippen LogP contribution in [0.4, 0.5) is 5.69 Å². The van der Waals surface area contributed by atoms with Crippen LogP contribution < -0.4 is 15.0 Å². The number of nitrogens with one attached hydrogen (secondary N) is 1. The molecule has 0 bridgehead atoms. The fourth-order valence-corrected chi connectivity index (χ4v) is 3.03. The Morgan fingerprint density at radius 3 is 2.76 bits per heavy atom. The minimum absolute atomic E-state index is 0.0206. The van der Waals surface area contributed by atoms with Crippen LogP contribution in [0.5, 0.6) is 5.75 Å². The number of halogens is 1. The highest BCUT2D eigenvalue weighted by Crippen LogP contribution is 2.36. The van der Waals surface area contributed by atoms with E-state index in [1.54, 1.807) is 12.0 Å². The summed E-state index contributed by atoms with van der Waals surface area (Å²) in [6.07, 6.45) is 2.34. The molecule has 2 amide bonds. The van der Waals surface area contributed by atoms with Crippen molar-refractivity contribution >= 4 is 33.4 Å². The van der Waals surface area contributed by atoms with Crippen molar-refractivity contribution in [2.75, 3.05) is 18.6 Å². The summed E-state index contributed by atoms with van der Waals surface area (Å²) < 4.78 is 6.12. The summed E-state index contributed by atoms with van der Waals surface area (Å²) in [7, 11) is 1.59. The molecule has 21 heavy (non-hydrogen) atoms. The maximum atomic E-state index is 12.7. The number of anilines is 1. The molecule has 1 saturated heterocycles. The fourth-order valence-electron chi connectivity index (χ4n) is 2.62. The smallest absolute Gasteiger partial charge is 0.249 e. The van der Waals surface area contributed by atoms with Crippen LogP contribution in [0, 0.1) is 5.92 Å². The van der Waals surface area contributed by atoms with Crippen molar-refractivity contribution in [3.63, 3.8) is 0 Å². The molecule has 112 valence electrons. The Morgan fingerprint density at radius 1 is 1.33 bits per heavy atom. The highest BCUT2D eigenvalue weighted by molar-refractivity contribution is 9.10. The zero-order chi connectivity index (χ0) is 15.0. The molecule has 1 atom stereocenters. The number of carbonyl (C=O) groups is 2. The maximum Gasteiger partial charge on any atom is 0.249 e. The summed E-state index contributed by atoms with van der Waals surface area (Å²) in [6.45, 7) is 0.401. The lowest BCUT2D eigenvalue weighted by Crippen LogP contribution is -2.46. The summed E-state index contributed by atoms with van der Waals surface area (Å²) in [5.41, 5.74) is 0.766. The lowest BCUT2D eigenvalue weighted by molar-refractivity contribution is -0.126. The van der Waals surface area contributed by atoms with Gasteiger partial charge in [0.15, 0.2) is 0 Å². The minimum atomic E-state index is -0.380. The number of amides is 2. The molecule has 6 heteroatoms. The van der Waals surface area contributed by atoms with Crippen molar-refractivity contribution in [3.8, 4) is 5.75 Å². The van der Waals surface area contributed by atoms with Crippen LogP contribution in [0.3, 0.4) is 0 Å². The van der Waals surface area contributed by atoms with Crippen molar-refractivity contribution in [2.45, 2.75) is 25.3 Å². The van der Waals surface area contributed by atoms with Gasteiger partial charge in [-0.2, -0.15) is 0 Å². The van der Waals surface area contributed by atoms with E-state index in [2.05, 4.69) is 21.2 Å². The van der Waals surface area contributed by atoms with Crippen LogP contribution in [0.1, 0.15) is 19.3 Å². The average molecular weight is 353 g/mol. The second-order valence-corrected chi connectivity index (χ2v) is 6.30. The molecule has 1 saturated carbocycles. The van der Waals surface area contributed by atoms with Crippen LogP contribution in [0.2, 0.25) is 0 Å². The molecule has 1 heterocycles. The van der Waals surface area contributed by atoms with Gasteiger partial charge in [0.2, 0.25) is 11.8 Å². The number of nitrogens with zero attached hydrogens (tertiary/aromatic N) is 1. The van der Waals surface area contributed by atoms with E-state index in [1.165, 1.54) is 0 Å². The lowest BCUT2D eigenvalue weighted by atomic mass is 10.1. The topological polar surface area (TPSA) is 58.6 Å². The zero-order valence-corrected chi connectivity index (χ0v) is 13.4. The number of hydrogen-bond acceptors (Lipinski definition) is 3. The number of methoxy groups -OCH3 is 1. The standard InChI is InChI=1S/C15H17BrN2O3/c1-21-12-8-10(4-5-11(12)16)18-7-6-13(19)17-14(15(18)20)9-2-3-9/h4-5,8-9,14H,2-3,6-7H2,1H3,(H,17,19). The number of hydrogen-bond donors (Lipinski definition) is 1. The van der Waals surface area contributed by atoms with E-state index >= 15 is 0 Å². The van der Waals surface area contributed by atoms with E-state index in [-0.39, 0.29) is 17.9 Å². The zero-order valence-electron chi connectivity index (χ0n) is 11.8. The van der Waals surface area contributed by atoms with Crippen LogP contribution in [-0.2, 0) is 9.59 Å². The number of carbonyl (C=O) groups excluding carboxylic acids is 2. The summed E-state index contributed by atoms with van der Waals surface area (Å²) in [5.74, 6) is 0.894. The molecule has 0 spiro atoms. The van der Waals surface area contributed by atoms with Crippen molar-refractivity contribution in [1.82, 2.24) is 5.32 Å². The van der Waals surface area contributed by atoms with Gasteiger partial charge in [-0.3, -0.25) is 9.59 Å². The van der Waals surface area contributed by atoms with Gasteiger partial charge in [-0.25, -0.2) is 0 Å². The van der Waals surface area contributed by atoms with Gasteiger partial charge in [-0.05, 0) is 46.8 Å². The number of ether oxygens (including phenoxy) is 1.